The van der Waals surface area contributed by atoms with Crippen molar-refractivity contribution in [1.82, 2.24) is 0 Å². The molecule has 0 heterocycles. The smallest absolute Gasteiger partial charge is 0.357 e. The van der Waals surface area contributed by atoms with Crippen molar-refractivity contribution in [2.75, 3.05) is 0 Å². The number of carbonyl (C=O) groups excluding carboxylic acids is 1. The molecular formula is C11H9NNiO2. The molecule has 0 aromatic heterocycles. The van der Waals surface area contributed by atoms with Crippen molar-refractivity contribution in [2.45, 2.75) is 0 Å². The van der Waals surface area contributed by atoms with Crippen LogP contribution in [0.25, 0.3) is 10.8 Å². The molecule has 4 heteroatoms. The maximum Gasteiger partial charge on any atom is 0.357 e. The van der Waals surface area contributed by atoms with Crippen LogP contribution in [0.5, 0.6) is 0 Å². The van der Waals surface area contributed by atoms with Gasteiger partial charge in [0.05, 0.1) is 5.56 Å². The molecule has 15 heavy (non-hydrogen) atoms. The van der Waals surface area contributed by atoms with Crippen molar-refractivity contribution >= 4 is 16.7 Å². The molecule has 2 N–H and O–H groups in total. The summed E-state index contributed by atoms with van der Waals surface area (Å²) in [5.74, 6) is 4.33. The third kappa shape index (κ3) is 2.17. The van der Waals surface area contributed by atoms with Gasteiger partial charge in [0.15, 0.2) is 0 Å². The Morgan fingerprint density at radius 1 is 1.07 bits per heavy atom. The van der Waals surface area contributed by atoms with Crippen LogP contribution >= 0.6 is 0 Å². The second-order valence-electron chi connectivity index (χ2n) is 2.93. The summed E-state index contributed by atoms with van der Waals surface area (Å²) >= 11 is 0. The van der Waals surface area contributed by atoms with E-state index in [1.165, 1.54) is 0 Å². The fourth-order valence-electron chi connectivity index (χ4n) is 1.47. The van der Waals surface area contributed by atoms with Gasteiger partial charge in [-0.05, 0) is 16.8 Å². The van der Waals surface area contributed by atoms with Gasteiger partial charge in [0, 0.05) is 16.5 Å². The molecule has 3 nitrogen and oxygen atoms in total. The average Bonchev–Trinajstić information content (AvgIpc) is 2.27. The first kappa shape index (κ1) is 11.7. The first-order valence-electron chi connectivity index (χ1n) is 4.22. The van der Waals surface area contributed by atoms with Crippen LogP contribution < -0.4 is 5.90 Å². The Morgan fingerprint density at radius 3 is 2.47 bits per heavy atom. The standard InChI is InChI=1S/C11H9NO2.Ni/c12-14-11(13)10-7-3-5-8-4-1-2-6-9(8)10;/h1-7H,12H2;. The summed E-state index contributed by atoms with van der Waals surface area (Å²) in [4.78, 5) is 15.5. The van der Waals surface area contributed by atoms with Crippen LogP contribution in [0.1, 0.15) is 10.4 Å². The molecule has 0 fully saturated rings. The van der Waals surface area contributed by atoms with E-state index in [0.29, 0.717) is 5.56 Å². The fraction of sp³-hybridized carbons (Fsp3) is 0. The van der Waals surface area contributed by atoms with E-state index in [-0.39, 0.29) is 16.5 Å². The topological polar surface area (TPSA) is 52.3 Å². The van der Waals surface area contributed by atoms with Crippen molar-refractivity contribution in [3.8, 4) is 0 Å². The monoisotopic (exact) mass is 245 g/mol. The molecule has 0 saturated heterocycles. The summed E-state index contributed by atoms with van der Waals surface area (Å²) in [5.41, 5.74) is 0.491. The van der Waals surface area contributed by atoms with E-state index in [2.05, 4.69) is 4.84 Å². The first-order valence-corrected chi connectivity index (χ1v) is 4.22. The number of fused-ring (bicyclic) bond motifs is 1. The summed E-state index contributed by atoms with van der Waals surface area (Å²) in [6.07, 6.45) is 0. The summed E-state index contributed by atoms with van der Waals surface area (Å²) in [5, 5.41) is 1.85. The van der Waals surface area contributed by atoms with Crippen LogP contribution in [0.2, 0.25) is 0 Å². The number of benzene rings is 2. The van der Waals surface area contributed by atoms with Crippen LogP contribution in [0.3, 0.4) is 0 Å². The number of nitrogens with two attached hydrogens (primary N) is 1. The molecule has 0 bridgehead atoms. The van der Waals surface area contributed by atoms with Crippen LogP contribution in [0.4, 0.5) is 0 Å². The minimum absolute atomic E-state index is 0. The Hall–Kier alpha value is -1.38. The van der Waals surface area contributed by atoms with Crippen LogP contribution in [-0.2, 0) is 21.3 Å². The molecule has 0 radical (unpaired) electrons. The van der Waals surface area contributed by atoms with Crippen molar-refractivity contribution in [3.63, 3.8) is 0 Å². The minimum Gasteiger partial charge on any atom is -0.370 e. The predicted octanol–water partition coefficient (Wildman–Crippen LogP) is 1.87. The second kappa shape index (κ2) is 4.92. The van der Waals surface area contributed by atoms with E-state index in [1.54, 1.807) is 12.1 Å². The zero-order valence-corrected chi connectivity index (χ0v) is 8.74. The Bertz CT molecular complexity index is 479. The largest absolute Gasteiger partial charge is 0.370 e. The van der Waals surface area contributed by atoms with Gasteiger partial charge in [0.2, 0.25) is 0 Å². The molecule has 2 rings (SSSR count). The van der Waals surface area contributed by atoms with E-state index < -0.39 is 5.97 Å². The summed E-state index contributed by atoms with van der Waals surface area (Å²) in [7, 11) is 0. The molecule has 0 aliphatic carbocycles. The Labute approximate surface area is 97.1 Å². The maximum absolute atomic E-state index is 11.3. The van der Waals surface area contributed by atoms with Gasteiger partial charge in [-0.2, -0.15) is 5.90 Å². The first-order chi connectivity index (χ1) is 6.83. The van der Waals surface area contributed by atoms with E-state index in [4.69, 9.17) is 5.90 Å². The van der Waals surface area contributed by atoms with Crippen LogP contribution in [0.15, 0.2) is 42.5 Å². The zero-order valence-electron chi connectivity index (χ0n) is 7.75. The summed E-state index contributed by atoms with van der Waals surface area (Å²) < 4.78 is 0. The number of hydrogen-bond donors (Lipinski definition) is 1. The van der Waals surface area contributed by atoms with Gasteiger partial charge >= 0.3 is 5.97 Å². The van der Waals surface area contributed by atoms with Crippen molar-refractivity contribution in [3.05, 3.63) is 48.0 Å². The fourth-order valence-corrected chi connectivity index (χ4v) is 1.47. The molecule has 2 aromatic rings. The number of carbonyl (C=O) groups is 1. The van der Waals surface area contributed by atoms with Crippen LogP contribution in [-0.4, -0.2) is 5.97 Å². The molecule has 0 aliphatic heterocycles. The molecule has 2 aromatic carbocycles. The van der Waals surface area contributed by atoms with Gasteiger partial charge in [-0.15, -0.1) is 0 Å². The van der Waals surface area contributed by atoms with Gasteiger partial charge in [-0.1, -0.05) is 36.4 Å². The van der Waals surface area contributed by atoms with Gasteiger partial charge in [0.25, 0.3) is 0 Å². The molecule has 0 saturated carbocycles. The maximum atomic E-state index is 11.3. The SMILES string of the molecule is NOC(=O)c1cccc2ccccc12.[Ni]. The van der Waals surface area contributed by atoms with E-state index in [9.17, 15) is 4.79 Å². The Morgan fingerprint density at radius 2 is 1.73 bits per heavy atom. The van der Waals surface area contributed by atoms with Gasteiger partial charge in [0.1, 0.15) is 0 Å². The Kier molecular flexibility index (Phi) is 3.83. The number of rotatable bonds is 1. The van der Waals surface area contributed by atoms with E-state index in [1.807, 2.05) is 30.3 Å². The van der Waals surface area contributed by atoms with Crippen molar-refractivity contribution in [1.29, 1.82) is 0 Å². The molecule has 0 aliphatic rings. The average molecular weight is 246 g/mol. The van der Waals surface area contributed by atoms with E-state index in [0.717, 1.165) is 10.8 Å². The number of hydrogen-bond acceptors (Lipinski definition) is 3. The van der Waals surface area contributed by atoms with Gasteiger partial charge in [-0.25, -0.2) is 4.79 Å². The third-order valence-corrected chi connectivity index (χ3v) is 2.12. The second-order valence-corrected chi connectivity index (χ2v) is 2.93. The molecule has 0 unspecified atom stereocenters. The van der Waals surface area contributed by atoms with Crippen molar-refractivity contribution < 1.29 is 26.1 Å². The molecular weight excluding hydrogens is 237 g/mol. The summed E-state index contributed by atoms with van der Waals surface area (Å²) in [6, 6.07) is 13.0. The molecule has 80 valence electrons. The third-order valence-electron chi connectivity index (χ3n) is 2.12. The van der Waals surface area contributed by atoms with E-state index >= 15 is 0 Å². The van der Waals surface area contributed by atoms with Crippen molar-refractivity contribution in [2.24, 2.45) is 5.90 Å². The quantitative estimate of drug-likeness (QED) is 0.617. The van der Waals surface area contributed by atoms with Crippen LogP contribution in [0, 0.1) is 0 Å². The molecule has 0 spiro atoms. The van der Waals surface area contributed by atoms with Gasteiger partial charge < -0.3 is 4.84 Å². The normalized spacial score (nSPS) is 9.40. The summed E-state index contributed by atoms with van der Waals surface area (Å²) in [6.45, 7) is 0. The zero-order chi connectivity index (χ0) is 9.97. The molecule has 0 amide bonds. The predicted molar refractivity (Wildman–Crippen MR) is 53.6 cm³/mol. The minimum atomic E-state index is -0.512. The van der Waals surface area contributed by atoms with Gasteiger partial charge in [-0.3, -0.25) is 0 Å². The molecule has 0 atom stereocenters. The Balaban J connectivity index is 0.00000112.